The number of nitrogens with zero attached hydrogens (tertiary/aromatic N) is 2. The van der Waals surface area contributed by atoms with Crippen molar-refractivity contribution in [1.29, 1.82) is 0 Å². The van der Waals surface area contributed by atoms with Crippen LogP contribution < -0.4 is 15.0 Å². The molecule has 30 heavy (non-hydrogen) atoms. The number of halogens is 1. The first-order valence-electron chi connectivity index (χ1n) is 11.0. The van der Waals surface area contributed by atoms with E-state index in [1.54, 1.807) is 0 Å². The highest BCUT2D eigenvalue weighted by molar-refractivity contribution is 5.85. The van der Waals surface area contributed by atoms with E-state index in [2.05, 4.69) is 45.5 Å². The first-order valence-corrected chi connectivity index (χ1v) is 11.0. The molecule has 5 nitrogen and oxygen atoms in total. The monoisotopic (exact) mass is 431 g/mol. The Balaban J connectivity index is 0.00000256. The van der Waals surface area contributed by atoms with Gasteiger partial charge in [0.05, 0.1) is 24.7 Å². The smallest absolute Gasteiger partial charge is 0.139 e. The Labute approximate surface area is 186 Å². The van der Waals surface area contributed by atoms with E-state index in [9.17, 15) is 0 Å². The second-order valence-electron chi connectivity index (χ2n) is 8.24. The topological polar surface area (TPSA) is 46.6 Å². The van der Waals surface area contributed by atoms with Gasteiger partial charge in [0.15, 0.2) is 0 Å². The average molecular weight is 432 g/mol. The summed E-state index contributed by atoms with van der Waals surface area (Å²) in [6.45, 7) is 5.57. The van der Waals surface area contributed by atoms with Gasteiger partial charge in [-0.1, -0.05) is 30.3 Å². The maximum atomic E-state index is 5.98. The number of hydrogen-bond donors (Lipinski definition) is 1. The molecule has 1 aromatic carbocycles. The van der Waals surface area contributed by atoms with E-state index in [-0.39, 0.29) is 12.4 Å². The minimum atomic E-state index is 0. The van der Waals surface area contributed by atoms with Gasteiger partial charge in [-0.15, -0.1) is 12.4 Å². The van der Waals surface area contributed by atoms with Crippen LogP contribution in [0.1, 0.15) is 37.7 Å². The zero-order valence-electron chi connectivity index (χ0n) is 17.7. The molecule has 4 rings (SSSR count). The summed E-state index contributed by atoms with van der Waals surface area (Å²) in [5.41, 5.74) is 2.43. The molecule has 0 aliphatic carbocycles. The molecule has 0 bridgehead atoms. The highest BCUT2D eigenvalue weighted by Gasteiger charge is 2.20. The van der Waals surface area contributed by atoms with E-state index in [4.69, 9.17) is 9.47 Å². The van der Waals surface area contributed by atoms with Crippen molar-refractivity contribution in [2.45, 2.75) is 44.8 Å². The average Bonchev–Trinajstić information content (AvgIpc) is 3.30. The number of nitrogens with one attached hydrogen (secondary N) is 1. The summed E-state index contributed by atoms with van der Waals surface area (Å²) in [6.07, 6.45) is 9.82. The maximum Gasteiger partial charge on any atom is 0.139 e. The summed E-state index contributed by atoms with van der Waals surface area (Å²) in [5, 5.41) is 3.47. The minimum absolute atomic E-state index is 0. The molecule has 164 valence electrons. The van der Waals surface area contributed by atoms with Gasteiger partial charge in [0, 0.05) is 31.8 Å². The van der Waals surface area contributed by atoms with Crippen LogP contribution in [0, 0.1) is 5.92 Å². The zero-order valence-corrected chi connectivity index (χ0v) is 18.5. The molecule has 0 spiro atoms. The van der Waals surface area contributed by atoms with Crippen molar-refractivity contribution < 1.29 is 9.47 Å². The molecular formula is C24H34ClN3O2. The van der Waals surface area contributed by atoms with Crippen LogP contribution in [0.15, 0.2) is 48.8 Å². The fourth-order valence-corrected chi connectivity index (χ4v) is 4.25. The number of anilines is 1. The molecule has 1 aromatic heterocycles. The van der Waals surface area contributed by atoms with Crippen LogP contribution in [0.2, 0.25) is 0 Å². The third-order valence-electron chi connectivity index (χ3n) is 6.07. The lowest BCUT2D eigenvalue weighted by Crippen LogP contribution is -2.34. The van der Waals surface area contributed by atoms with E-state index >= 15 is 0 Å². The van der Waals surface area contributed by atoms with Crippen molar-refractivity contribution in [2.24, 2.45) is 5.92 Å². The van der Waals surface area contributed by atoms with Crippen LogP contribution in [-0.2, 0) is 11.3 Å². The lowest BCUT2D eigenvalue weighted by molar-refractivity contribution is 0.104. The van der Waals surface area contributed by atoms with Crippen molar-refractivity contribution in [1.82, 2.24) is 10.3 Å². The number of hydrogen-bond acceptors (Lipinski definition) is 5. The standard InChI is InChI=1S/C24H33N3O2.ClH/c1-2-5-21(6-3-1)18-28-14-10-20-8-12-27(13-9-20)23-15-24(17-25-16-23)29-19-22-7-4-11-26-22;/h1-3,5-6,15-17,20,22,26H,4,7-14,18-19H2;1H/t22-;/m1./s1. The third-order valence-corrected chi connectivity index (χ3v) is 6.07. The van der Waals surface area contributed by atoms with E-state index in [1.807, 2.05) is 18.5 Å². The van der Waals surface area contributed by atoms with Crippen LogP contribution in [0.4, 0.5) is 5.69 Å². The van der Waals surface area contributed by atoms with Gasteiger partial charge in [0.1, 0.15) is 12.4 Å². The third kappa shape index (κ3) is 6.86. The number of aromatic nitrogens is 1. The van der Waals surface area contributed by atoms with Gasteiger partial charge >= 0.3 is 0 Å². The van der Waals surface area contributed by atoms with Gasteiger partial charge in [-0.25, -0.2) is 0 Å². The first kappa shape index (κ1) is 22.9. The van der Waals surface area contributed by atoms with Gasteiger partial charge in [-0.3, -0.25) is 4.98 Å². The van der Waals surface area contributed by atoms with E-state index < -0.39 is 0 Å². The quantitative estimate of drug-likeness (QED) is 0.594. The fraction of sp³-hybridized carbons (Fsp3) is 0.542. The largest absolute Gasteiger partial charge is 0.490 e. The van der Waals surface area contributed by atoms with Crippen LogP contribution in [0.5, 0.6) is 5.75 Å². The van der Waals surface area contributed by atoms with Crippen molar-refractivity contribution in [3.63, 3.8) is 0 Å². The second kappa shape index (κ2) is 12.1. The molecule has 0 amide bonds. The molecule has 0 unspecified atom stereocenters. The van der Waals surface area contributed by atoms with Gasteiger partial charge < -0.3 is 19.7 Å². The molecule has 0 saturated carbocycles. The van der Waals surface area contributed by atoms with Crippen LogP contribution in [0.25, 0.3) is 0 Å². The van der Waals surface area contributed by atoms with E-state index in [0.29, 0.717) is 12.6 Å². The second-order valence-corrected chi connectivity index (χ2v) is 8.24. The molecule has 1 N–H and O–H groups in total. The van der Waals surface area contributed by atoms with Crippen molar-refractivity contribution in [3.8, 4) is 5.75 Å². The highest BCUT2D eigenvalue weighted by atomic mass is 35.5. The Kier molecular flexibility index (Phi) is 9.25. The Morgan fingerprint density at radius 3 is 2.67 bits per heavy atom. The van der Waals surface area contributed by atoms with E-state index in [0.717, 1.165) is 50.9 Å². The number of rotatable bonds is 9. The normalized spacial score (nSPS) is 19.5. The Hall–Kier alpha value is -1.82. The number of piperidine rings is 1. The van der Waals surface area contributed by atoms with Crippen molar-refractivity contribution in [3.05, 3.63) is 54.4 Å². The van der Waals surface area contributed by atoms with Gasteiger partial charge in [-0.2, -0.15) is 0 Å². The van der Waals surface area contributed by atoms with Crippen molar-refractivity contribution >= 4 is 18.1 Å². The Morgan fingerprint density at radius 1 is 1.07 bits per heavy atom. The first-order chi connectivity index (χ1) is 14.4. The molecule has 6 heteroatoms. The van der Waals surface area contributed by atoms with E-state index in [1.165, 1.54) is 36.9 Å². The fourth-order valence-electron chi connectivity index (χ4n) is 4.25. The summed E-state index contributed by atoms with van der Waals surface area (Å²) < 4.78 is 11.8. The number of benzene rings is 1. The molecule has 2 aliphatic rings. The van der Waals surface area contributed by atoms with Gasteiger partial charge in [0.2, 0.25) is 0 Å². The van der Waals surface area contributed by atoms with Gasteiger partial charge in [0.25, 0.3) is 0 Å². The summed E-state index contributed by atoms with van der Waals surface area (Å²) in [5.74, 6) is 1.63. The summed E-state index contributed by atoms with van der Waals surface area (Å²) in [4.78, 5) is 6.85. The highest BCUT2D eigenvalue weighted by Crippen LogP contribution is 2.27. The molecule has 3 heterocycles. The molecule has 1 atom stereocenters. The predicted molar refractivity (Wildman–Crippen MR) is 124 cm³/mol. The minimum Gasteiger partial charge on any atom is -0.490 e. The number of pyridine rings is 1. The van der Waals surface area contributed by atoms with Crippen molar-refractivity contribution in [2.75, 3.05) is 37.7 Å². The summed E-state index contributed by atoms with van der Waals surface area (Å²) in [7, 11) is 0. The molecule has 2 aromatic rings. The lowest BCUT2D eigenvalue weighted by atomic mass is 9.94. The summed E-state index contributed by atoms with van der Waals surface area (Å²) in [6, 6.07) is 13.0. The van der Waals surface area contributed by atoms with Crippen LogP contribution in [0.3, 0.4) is 0 Å². The van der Waals surface area contributed by atoms with Gasteiger partial charge in [-0.05, 0) is 50.1 Å². The SMILES string of the molecule is Cl.c1ccc(COCCC2CCN(c3cncc(OC[C@H]4CCCN4)c3)CC2)cc1. The van der Waals surface area contributed by atoms with Crippen LogP contribution >= 0.6 is 12.4 Å². The molecule has 2 saturated heterocycles. The van der Waals surface area contributed by atoms with Crippen LogP contribution in [-0.4, -0.2) is 43.9 Å². The molecule has 2 fully saturated rings. The molecular weight excluding hydrogens is 398 g/mol. The summed E-state index contributed by atoms with van der Waals surface area (Å²) >= 11 is 0. The predicted octanol–water partition coefficient (Wildman–Crippen LogP) is 4.46. The Bertz CT molecular complexity index is 732. The molecule has 0 radical (unpaired) electrons. The maximum absolute atomic E-state index is 5.98. The Morgan fingerprint density at radius 2 is 1.90 bits per heavy atom. The molecule has 2 aliphatic heterocycles. The zero-order chi connectivity index (χ0) is 19.7. The number of ether oxygens (including phenoxy) is 2. The lowest BCUT2D eigenvalue weighted by Gasteiger charge is -2.33.